The van der Waals surface area contributed by atoms with Gasteiger partial charge in [-0.25, -0.2) is 4.39 Å². The number of hydrogen-bond acceptors (Lipinski definition) is 4. The lowest BCUT2D eigenvalue weighted by molar-refractivity contribution is -0.142. The van der Waals surface area contributed by atoms with Crippen molar-refractivity contribution in [1.82, 2.24) is 4.90 Å². The van der Waals surface area contributed by atoms with Gasteiger partial charge < -0.3 is 10.0 Å². The molecule has 1 fully saturated rings. The molecule has 1 aliphatic carbocycles. The summed E-state index contributed by atoms with van der Waals surface area (Å²) in [5.41, 5.74) is 1.16. The van der Waals surface area contributed by atoms with Crippen LogP contribution in [0.25, 0.3) is 0 Å². The number of ketones is 1. The third kappa shape index (κ3) is 2.46. The molecule has 4 aliphatic rings. The minimum atomic E-state index is -1.14. The first-order valence-electron chi connectivity index (χ1n) is 8.17. The maximum absolute atomic E-state index is 14.5. The number of fused-ring (bicyclic) bond motifs is 4. The fourth-order valence-electron chi connectivity index (χ4n) is 4.09. The summed E-state index contributed by atoms with van der Waals surface area (Å²) in [7, 11) is 0. The number of nitrogens with zero attached hydrogens (tertiary/aromatic N) is 2. The smallest absolute Gasteiger partial charge is 0.312 e. The molecule has 134 valence electrons. The van der Waals surface area contributed by atoms with Gasteiger partial charge in [0.2, 0.25) is 5.91 Å². The van der Waals surface area contributed by atoms with Crippen molar-refractivity contribution in [2.75, 3.05) is 13.1 Å². The van der Waals surface area contributed by atoms with Crippen molar-refractivity contribution in [3.8, 4) is 0 Å². The van der Waals surface area contributed by atoms with E-state index in [1.54, 1.807) is 4.90 Å². The molecule has 0 bridgehead atoms. The van der Waals surface area contributed by atoms with Crippen molar-refractivity contribution in [1.29, 1.82) is 0 Å². The van der Waals surface area contributed by atoms with Gasteiger partial charge in [-0.15, -0.1) is 0 Å². The monoisotopic (exact) mass is 376 g/mol. The molecule has 4 rings (SSSR count). The van der Waals surface area contributed by atoms with Gasteiger partial charge in [0.05, 0.1) is 23.5 Å². The highest BCUT2D eigenvalue weighted by Gasteiger charge is 2.46. The zero-order valence-corrected chi connectivity index (χ0v) is 14.3. The fourth-order valence-corrected chi connectivity index (χ4v) is 4.36. The molecule has 0 spiro atoms. The van der Waals surface area contributed by atoms with Crippen LogP contribution in [-0.2, 0) is 14.4 Å². The number of carbonyl (C=O) groups excluding carboxylic acids is 2. The predicted molar refractivity (Wildman–Crippen MR) is 91.4 cm³/mol. The third-order valence-corrected chi connectivity index (χ3v) is 5.45. The molecule has 1 saturated heterocycles. The second-order valence-corrected chi connectivity index (χ2v) is 6.98. The predicted octanol–water partition coefficient (Wildman–Crippen LogP) is 1.93. The lowest BCUT2D eigenvalue weighted by Gasteiger charge is -2.39. The van der Waals surface area contributed by atoms with Crippen LogP contribution in [0.3, 0.4) is 0 Å². The third-order valence-electron chi connectivity index (χ3n) is 5.16. The second kappa shape index (κ2) is 6.02. The Morgan fingerprint density at radius 2 is 2.12 bits per heavy atom. The number of hydrogen-bond donors (Lipinski definition) is 1. The van der Waals surface area contributed by atoms with E-state index in [1.807, 2.05) is 0 Å². The lowest BCUT2D eigenvalue weighted by Crippen LogP contribution is -2.47. The summed E-state index contributed by atoms with van der Waals surface area (Å²) in [6.07, 6.45) is 4.22. The molecule has 0 aromatic carbocycles. The molecule has 2 unspecified atom stereocenters. The van der Waals surface area contributed by atoms with Crippen molar-refractivity contribution in [3.63, 3.8) is 0 Å². The first kappa shape index (κ1) is 16.9. The number of carbonyl (C=O) groups is 3. The summed E-state index contributed by atoms with van der Waals surface area (Å²) >= 11 is 6.17. The first-order valence-corrected chi connectivity index (χ1v) is 8.55. The van der Waals surface area contributed by atoms with E-state index in [-0.39, 0.29) is 41.2 Å². The zero-order chi connectivity index (χ0) is 18.6. The topological polar surface area (TPSA) is 87.0 Å². The number of rotatable bonds is 1. The van der Waals surface area contributed by atoms with Crippen LogP contribution in [0.5, 0.6) is 0 Å². The average molecular weight is 377 g/mol. The van der Waals surface area contributed by atoms with Gasteiger partial charge >= 0.3 is 5.97 Å². The Morgan fingerprint density at radius 1 is 1.35 bits per heavy atom. The summed E-state index contributed by atoms with van der Waals surface area (Å²) in [4.78, 5) is 41.8. The van der Waals surface area contributed by atoms with Crippen LogP contribution >= 0.6 is 11.6 Å². The molecule has 3 aliphatic heterocycles. The number of carboxylic acid groups (broad SMARTS) is 1. The van der Waals surface area contributed by atoms with Crippen LogP contribution in [0.4, 0.5) is 4.39 Å². The van der Waals surface area contributed by atoms with Gasteiger partial charge in [-0.3, -0.25) is 19.4 Å². The molecule has 0 saturated carbocycles. The lowest BCUT2D eigenvalue weighted by atomic mass is 9.76. The fraction of sp³-hybridized carbons (Fsp3) is 0.333. The summed E-state index contributed by atoms with van der Waals surface area (Å²) in [6.45, 7) is 0.136. The Kier molecular flexibility index (Phi) is 3.91. The van der Waals surface area contributed by atoms with Gasteiger partial charge in [0.15, 0.2) is 5.78 Å². The zero-order valence-electron chi connectivity index (χ0n) is 13.5. The van der Waals surface area contributed by atoms with Crippen molar-refractivity contribution < 1.29 is 23.9 Å². The van der Waals surface area contributed by atoms with Crippen LogP contribution in [0.15, 0.2) is 50.3 Å². The SMILES string of the molecule is O=C1C=C(F)C2=C(Cl)C=NCC3=C(C2=C1)C(C(=O)O)CN1C(=O)CCC31. The Labute approximate surface area is 153 Å². The Hall–Kier alpha value is -2.54. The molecule has 1 N–H and O–H groups in total. The van der Waals surface area contributed by atoms with E-state index >= 15 is 0 Å². The van der Waals surface area contributed by atoms with E-state index < -0.39 is 23.5 Å². The molecule has 0 aromatic heterocycles. The highest BCUT2D eigenvalue weighted by Crippen LogP contribution is 2.44. The molecule has 0 aromatic rings. The minimum Gasteiger partial charge on any atom is -0.481 e. The molecular formula is C18H14ClFN2O4. The van der Waals surface area contributed by atoms with Gasteiger partial charge in [-0.2, -0.15) is 0 Å². The highest BCUT2D eigenvalue weighted by atomic mass is 35.5. The van der Waals surface area contributed by atoms with Gasteiger partial charge in [-0.1, -0.05) is 11.6 Å². The van der Waals surface area contributed by atoms with E-state index in [0.29, 0.717) is 24.0 Å². The van der Waals surface area contributed by atoms with Crippen molar-refractivity contribution in [2.24, 2.45) is 10.9 Å². The quantitative estimate of drug-likeness (QED) is 0.757. The summed E-state index contributed by atoms with van der Waals surface area (Å²) in [5.74, 6) is -3.69. The number of carboxylic acids is 1. The van der Waals surface area contributed by atoms with E-state index in [0.717, 1.165) is 6.08 Å². The van der Waals surface area contributed by atoms with Gasteiger partial charge in [-0.05, 0) is 29.2 Å². The normalized spacial score (nSPS) is 28.2. The van der Waals surface area contributed by atoms with Crippen LogP contribution < -0.4 is 0 Å². The first-order chi connectivity index (χ1) is 12.4. The van der Waals surface area contributed by atoms with Crippen LogP contribution in [-0.4, -0.2) is 53.0 Å². The van der Waals surface area contributed by atoms with Crippen molar-refractivity contribution in [2.45, 2.75) is 18.9 Å². The van der Waals surface area contributed by atoms with E-state index in [2.05, 4.69) is 4.99 Å². The average Bonchev–Trinajstić information content (AvgIpc) is 2.93. The number of allylic oxidation sites excluding steroid dienone is 6. The number of aliphatic carboxylic acids is 1. The molecule has 0 radical (unpaired) electrons. The van der Waals surface area contributed by atoms with E-state index in [9.17, 15) is 23.9 Å². The minimum absolute atomic E-state index is 0.0108. The van der Waals surface area contributed by atoms with Gasteiger partial charge in [0, 0.05) is 30.8 Å². The van der Waals surface area contributed by atoms with Crippen molar-refractivity contribution in [3.05, 3.63) is 45.3 Å². The van der Waals surface area contributed by atoms with Crippen LogP contribution in [0.1, 0.15) is 12.8 Å². The molecule has 6 nitrogen and oxygen atoms in total. The molecule has 26 heavy (non-hydrogen) atoms. The maximum atomic E-state index is 14.5. The Bertz CT molecular complexity index is 912. The summed E-state index contributed by atoms with van der Waals surface area (Å²) in [5, 5.41) is 9.77. The number of amides is 1. The molecular weight excluding hydrogens is 363 g/mol. The largest absolute Gasteiger partial charge is 0.481 e. The standard InChI is InChI=1S/C18H14ClFN2O4/c19-12-6-21-5-10-14-1-2-15(24)22(14)7-11(18(25)26)16(10)9-3-8(23)4-13(20)17(9)12/h3-4,6,11,14H,1-2,5,7H2,(H,25,26). The number of aliphatic imine (C=N–C) groups is 1. The van der Waals surface area contributed by atoms with Crippen LogP contribution in [0, 0.1) is 5.92 Å². The van der Waals surface area contributed by atoms with Crippen LogP contribution in [0.2, 0.25) is 0 Å². The second-order valence-electron chi connectivity index (χ2n) is 6.58. The van der Waals surface area contributed by atoms with E-state index in [1.165, 1.54) is 12.3 Å². The summed E-state index contributed by atoms with van der Waals surface area (Å²) in [6, 6.07) is -0.284. The van der Waals surface area contributed by atoms with Crippen molar-refractivity contribution >= 4 is 35.5 Å². The molecule has 1 amide bonds. The summed E-state index contributed by atoms with van der Waals surface area (Å²) < 4.78 is 14.5. The molecule has 8 heteroatoms. The Morgan fingerprint density at radius 3 is 2.85 bits per heavy atom. The Balaban J connectivity index is 1.99. The molecule has 2 atom stereocenters. The van der Waals surface area contributed by atoms with E-state index in [4.69, 9.17) is 11.6 Å². The maximum Gasteiger partial charge on any atom is 0.312 e. The highest BCUT2D eigenvalue weighted by molar-refractivity contribution is 6.40. The van der Waals surface area contributed by atoms with Gasteiger partial charge in [0.1, 0.15) is 5.83 Å². The molecule has 3 heterocycles. The number of halogens is 2. The van der Waals surface area contributed by atoms with Gasteiger partial charge in [0.25, 0.3) is 0 Å².